The monoisotopic (exact) mass is 603 g/mol. The molecule has 0 aromatic heterocycles. The van der Waals surface area contributed by atoms with Gasteiger partial charge in [-0.25, -0.2) is 14.4 Å². The van der Waals surface area contributed by atoms with Crippen molar-refractivity contribution in [3.05, 3.63) is 103 Å². The van der Waals surface area contributed by atoms with Crippen LogP contribution in [0.1, 0.15) is 37.4 Å². The Labute approximate surface area is 220 Å². The van der Waals surface area contributed by atoms with Crippen molar-refractivity contribution in [1.29, 1.82) is 0 Å². The Hall–Kier alpha value is -3.17. The highest BCUT2D eigenvalue weighted by atomic mass is 79.9. The number of amides is 1. The van der Waals surface area contributed by atoms with Crippen LogP contribution < -0.4 is 0 Å². The minimum atomic E-state index is -0.548. The summed E-state index contributed by atoms with van der Waals surface area (Å²) in [5.41, 5.74) is 2.95. The molecule has 9 heteroatoms. The molecule has 0 unspecified atom stereocenters. The topological polar surface area (TPSA) is 82.1 Å². The van der Waals surface area contributed by atoms with Crippen LogP contribution >= 0.6 is 31.9 Å². The molecule has 0 aliphatic rings. The molecule has 0 fully saturated rings. The Kier molecular flexibility index (Phi) is 9.45. The first-order valence-electron chi connectivity index (χ1n) is 10.5. The second-order valence-corrected chi connectivity index (χ2v) is 9.41. The first-order valence-corrected chi connectivity index (χ1v) is 12.1. The summed E-state index contributed by atoms with van der Waals surface area (Å²) in [6.07, 6.45) is -0.548. The number of esters is 2. The lowest BCUT2D eigenvalue weighted by molar-refractivity contribution is 0.0591. The quantitative estimate of drug-likeness (QED) is 0.227. The molecule has 7 nitrogen and oxygen atoms in total. The first kappa shape index (κ1) is 26.4. The predicted octanol–water partition coefficient (Wildman–Crippen LogP) is 6.12. The Morgan fingerprint density at radius 1 is 0.714 bits per heavy atom. The average Bonchev–Trinajstić information content (AvgIpc) is 2.85. The zero-order chi connectivity index (χ0) is 25.4. The maximum absolute atomic E-state index is 13.1. The fourth-order valence-electron chi connectivity index (χ4n) is 3.39. The van der Waals surface area contributed by atoms with E-state index in [1.54, 1.807) is 24.3 Å². The first-order chi connectivity index (χ1) is 16.8. The van der Waals surface area contributed by atoms with E-state index in [9.17, 15) is 14.4 Å². The Morgan fingerprint density at radius 3 is 1.66 bits per heavy atom. The summed E-state index contributed by atoms with van der Waals surface area (Å²) < 4.78 is 16.6. The van der Waals surface area contributed by atoms with Gasteiger partial charge in [0, 0.05) is 22.0 Å². The average molecular weight is 605 g/mol. The number of hydrogen-bond acceptors (Lipinski definition) is 6. The minimum Gasteiger partial charge on any atom is -0.465 e. The molecule has 0 atom stereocenters. The standard InChI is InChI=1S/C26H23Br2NO6/c1-33-24(30)20-8-18(10-22(27)12-20)14-29(26(32)35-16-17-6-4-3-5-7-17)15-19-9-21(25(31)34-2)13-23(28)11-19/h3-13H,14-16H2,1-2H3. The van der Waals surface area contributed by atoms with Crippen LogP contribution in [0.2, 0.25) is 0 Å². The number of rotatable bonds is 8. The molecular weight excluding hydrogens is 582 g/mol. The van der Waals surface area contributed by atoms with E-state index in [0.717, 1.165) is 5.56 Å². The molecule has 3 aromatic carbocycles. The van der Waals surface area contributed by atoms with Crippen LogP contribution in [0.5, 0.6) is 0 Å². The molecule has 0 saturated carbocycles. The molecule has 0 bridgehead atoms. The van der Waals surface area contributed by atoms with Gasteiger partial charge in [-0.1, -0.05) is 62.2 Å². The Balaban J connectivity index is 1.89. The van der Waals surface area contributed by atoms with Crippen LogP contribution in [-0.4, -0.2) is 37.2 Å². The van der Waals surface area contributed by atoms with Gasteiger partial charge in [0.1, 0.15) is 6.61 Å². The van der Waals surface area contributed by atoms with E-state index in [2.05, 4.69) is 31.9 Å². The summed E-state index contributed by atoms with van der Waals surface area (Å²) in [5, 5.41) is 0. The zero-order valence-corrected chi connectivity index (χ0v) is 22.3. The lowest BCUT2D eigenvalue weighted by Crippen LogP contribution is -2.31. The van der Waals surface area contributed by atoms with Gasteiger partial charge in [-0.05, 0) is 53.1 Å². The third kappa shape index (κ3) is 7.66. The van der Waals surface area contributed by atoms with Crippen molar-refractivity contribution in [3.8, 4) is 0 Å². The minimum absolute atomic E-state index is 0.105. The van der Waals surface area contributed by atoms with Gasteiger partial charge in [-0.15, -0.1) is 0 Å². The molecular formula is C26H23Br2NO6. The van der Waals surface area contributed by atoms with Crippen LogP contribution in [0.3, 0.4) is 0 Å². The van der Waals surface area contributed by atoms with E-state index in [4.69, 9.17) is 14.2 Å². The van der Waals surface area contributed by atoms with E-state index in [0.29, 0.717) is 31.2 Å². The molecule has 0 N–H and O–H groups in total. The predicted molar refractivity (Wildman–Crippen MR) is 137 cm³/mol. The van der Waals surface area contributed by atoms with Gasteiger partial charge < -0.3 is 14.2 Å². The molecule has 0 spiro atoms. The molecule has 1 amide bonds. The Bertz CT molecular complexity index is 1150. The molecule has 182 valence electrons. The van der Waals surface area contributed by atoms with Crippen LogP contribution in [0.25, 0.3) is 0 Å². The smallest absolute Gasteiger partial charge is 0.410 e. The van der Waals surface area contributed by atoms with E-state index in [1.807, 2.05) is 42.5 Å². The highest BCUT2D eigenvalue weighted by Crippen LogP contribution is 2.22. The van der Waals surface area contributed by atoms with Gasteiger partial charge in [-0.2, -0.15) is 0 Å². The summed E-state index contributed by atoms with van der Waals surface area (Å²) in [7, 11) is 2.62. The van der Waals surface area contributed by atoms with Crippen molar-refractivity contribution in [1.82, 2.24) is 4.90 Å². The number of ether oxygens (including phenoxy) is 3. The number of carbonyl (C=O) groups excluding carboxylic acids is 3. The lowest BCUT2D eigenvalue weighted by atomic mass is 10.1. The van der Waals surface area contributed by atoms with Gasteiger partial charge in [0.2, 0.25) is 0 Å². The van der Waals surface area contributed by atoms with Gasteiger partial charge in [0.25, 0.3) is 0 Å². The molecule has 0 aliphatic heterocycles. The molecule has 0 saturated heterocycles. The second kappa shape index (κ2) is 12.5. The zero-order valence-electron chi connectivity index (χ0n) is 19.1. The van der Waals surface area contributed by atoms with Gasteiger partial charge in [-0.3, -0.25) is 4.90 Å². The molecule has 0 radical (unpaired) electrons. The lowest BCUT2D eigenvalue weighted by Gasteiger charge is -2.23. The third-order valence-corrected chi connectivity index (χ3v) is 5.88. The number of hydrogen-bond donors (Lipinski definition) is 0. The highest BCUT2D eigenvalue weighted by Gasteiger charge is 2.19. The van der Waals surface area contributed by atoms with Crippen LogP contribution in [0.15, 0.2) is 75.7 Å². The van der Waals surface area contributed by atoms with E-state index < -0.39 is 18.0 Å². The largest absolute Gasteiger partial charge is 0.465 e. The third-order valence-electron chi connectivity index (χ3n) is 4.97. The number of methoxy groups -OCH3 is 2. The molecule has 35 heavy (non-hydrogen) atoms. The summed E-state index contributed by atoms with van der Waals surface area (Å²) in [5.74, 6) is -0.971. The summed E-state index contributed by atoms with van der Waals surface area (Å²) >= 11 is 6.82. The van der Waals surface area contributed by atoms with Crippen molar-refractivity contribution in [3.63, 3.8) is 0 Å². The van der Waals surface area contributed by atoms with Gasteiger partial charge >= 0.3 is 18.0 Å². The van der Waals surface area contributed by atoms with E-state index in [-0.39, 0.29) is 19.7 Å². The number of nitrogens with zero attached hydrogens (tertiary/aromatic N) is 1. The van der Waals surface area contributed by atoms with Crippen molar-refractivity contribution < 1.29 is 28.6 Å². The fraction of sp³-hybridized carbons (Fsp3) is 0.192. The maximum atomic E-state index is 13.1. The number of benzene rings is 3. The summed E-state index contributed by atoms with van der Waals surface area (Å²) in [6.45, 7) is 0.405. The van der Waals surface area contributed by atoms with Gasteiger partial charge in [0.05, 0.1) is 25.3 Å². The van der Waals surface area contributed by atoms with E-state index >= 15 is 0 Å². The second-order valence-electron chi connectivity index (χ2n) is 7.58. The van der Waals surface area contributed by atoms with Crippen LogP contribution in [0, 0.1) is 0 Å². The van der Waals surface area contributed by atoms with Crippen molar-refractivity contribution in [2.45, 2.75) is 19.7 Å². The maximum Gasteiger partial charge on any atom is 0.410 e. The van der Waals surface area contributed by atoms with Crippen LogP contribution in [-0.2, 0) is 33.9 Å². The van der Waals surface area contributed by atoms with Crippen molar-refractivity contribution >= 4 is 49.9 Å². The molecule has 3 aromatic rings. The normalized spacial score (nSPS) is 10.4. The number of carbonyl (C=O) groups is 3. The SMILES string of the molecule is COC(=O)c1cc(Br)cc(CN(Cc2cc(Br)cc(C(=O)OC)c2)C(=O)OCc2ccccc2)c1. The van der Waals surface area contributed by atoms with Crippen molar-refractivity contribution in [2.24, 2.45) is 0 Å². The molecule has 3 rings (SSSR count). The number of halogens is 2. The summed E-state index contributed by atoms with van der Waals surface area (Å²) in [4.78, 5) is 38.8. The molecule has 0 aliphatic carbocycles. The fourth-order valence-corrected chi connectivity index (χ4v) is 4.47. The molecule has 0 heterocycles. The van der Waals surface area contributed by atoms with Crippen molar-refractivity contribution in [2.75, 3.05) is 14.2 Å². The highest BCUT2D eigenvalue weighted by molar-refractivity contribution is 9.10. The Morgan fingerprint density at radius 2 is 1.20 bits per heavy atom. The van der Waals surface area contributed by atoms with Gasteiger partial charge in [0.15, 0.2) is 0 Å². The summed E-state index contributed by atoms with van der Waals surface area (Å²) in [6, 6.07) is 19.6. The van der Waals surface area contributed by atoms with Crippen LogP contribution in [0.4, 0.5) is 4.79 Å². The van der Waals surface area contributed by atoms with E-state index in [1.165, 1.54) is 19.1 Å².